The van der Waals surface area contributed by atoms with E-state index >= 15 is 0 Å². The first-order valence-electron chi connectivity index (χ1n) is 8.80. The molecular formula is C21H28IrNO2-. The Morgan fingerprint density at radius 1 is 1.12 bits per heavy atom. The van der Waals surface area contributed by atoms with Crippen LogP contribution in [0.2, 0.25) is 0 Å². The van der Waals surface area contributed by atoms with E-state index in [1.807, 2.05) is 6.07 Å². The van der Waals surface area contributed by atoms with Crippen LogP contribution in [0, 0.1) is 13.0 Å². The normalized spacial score (nSPS) is 16.1. The molecule has 2 unspecified atom stereocenters. The molecule has 2 aromatic rings. The van der Waals surface area contributed by atoms with Crippen molar-refractivity contribution in [3.05, 3.63) is 47.7 Å². The Kier molecular flexibility index (Phi) is 9.52. The minimum absolute atomic E-state index is 0. The Balaban J connectivity index is 0.000000339. The van der Waals surface area contributed by atoms with Gasteiger partial charge in [0, 0.05) is 25.6 Å². The van der Waals surface area contributed by atoms with Gasteiger partial charge in [-0.05, 0) is 31.7 Å². The number of para-hydroxylation sites is 1. The van der Waals surface area contributed by atoms with Crippen LogP contribution in [0.25, 0.3) is 16.5 Å². The average molecular weight is 519 g/mol. The predicted octanol–water partition coefficient (Wildman–Crippen LogP) is 4.44. The number of aromatic nitrogens is 1. The van der Waals surface area contributed by atoms with Crippen LogP contribution in [0.1, 0.15) is 57.2 Å². The fraction of sp³-hybridized carbons (Fsp3) is 0.476. The number of allylic oxidation sites excluding steroid dienone is 2. The summed E-state index contributed by atoms with van der Waals surface area (Å²) in [5.41, 5.74) is 4.84. The van der Waals surface area contributed by atoms with Gasteiger partial charge in [0.15, 0.2) is 0 Å². The second-order valence-electron chi connectivity index (χ2n) is 6.64. The molecule has 2 atom stereocenters. The zero-order valence-corrected chi connectivity index (χ0v) is 17.6. The van der Waals surface area contributed by atoms with Gasteiger partial charge in [0.05, 0.1) is 12.2 Å². The van der Waals surface area contributed by atoms with E-state index in [-0.39, 0.29) is 32.3 Å². The largest absolute Gasteiger partial charge is 0.393 e. The fourth-order valence-electron chi connectivity index (χ4n) is 2.98. The van der Waals surface area contributed by atoms with Crippen molar-refractivity contribution in [2.75, 3.05) is 0 Å². The van der Waals surface area contributed by atoms with Crippen LogP contribution in [0.3, 0.4) is 0 Å². The molecule has 1 radical (unpaired) electrons. The zero-order valence-electron chi connectivity index (χ0n) is 15.3. The Bertz CT molecular complexity index is 689. The van der Waals surface area contributed by atoms with Gasteiger partial charge in [-0.25, -0.2) is 0 Å². The van der Waals surface area contributed by atoms with E-state index in [1.165, 1.54) is 29.4 Å². The van der Waals surface area contributed by atoms with E-state index in [0.29, 0.717) is 6.42 Å². The molecule has 4 heteroatoms. The number of nitrogens with zero attached hydrogens (tertiary/aromatic N) is 1. The molecular weight excluding hydrogens is 490 g/mol. The van der Waals surface area contributed by atoms with Gasteiger partial charge >= 0.3 is 0 Å². The number of aliphatic hydroxyl groups is 2. The molecule has 1 heterocycles. The van der Waals surface area contributed by atoms with Gasteiger partial charge in [-0.2, -0.15) is 5.57 Å². The topological polar surface area (TPSA) is 53.4 Å². The van der Waals surface area contributed by atoms with Gasteiger partial charge in [0.2, 0.25) is 0 Å². The van der Waals surface area contributed by atoms with Gasteiger partial charge in [0.25, 0.3) is 0 Å². The first kappa shape index (κ1) is 22.0. The number of fused-ring (bicyclic) bond motifs is 1. The fourth-order valence-corrected chi connectivity index (χ4v) is 2.98. The van der Waals surface area contributed by atoms with E-state index in [4.69, 9.17) is 15.2 Å². The summed E-state index contributed by atoms with van der Waals surface area (Å²) in [6.07, 6.45) is 7.98. The van der Waals surface area contributed by atoms with Crippen molar-refractivity contribution in [3.8, 4) is 0 Å². The van der Waals surface area contributed by atoms with E-state index in [1.54, 1.807) is 13.8 Å². The Labute approximate surface area is 164 Å². The van der Waals surface area contributed by atoms with Crippen LogP contribution in [-0.4, -0.2) is 27.4 Å². The summed E-state index contributed by atoms with van der Waals surface area (Å²) in [7, 11) is 0. The predicted molar refractivity (Wildman–Crippen MR) is 99.6 cm³/mol. The third-order valence-corrected chi connectivity index (χ3v) is 4.07. The van der Waals surface area contributed by atoms with Crippen LogP contribution < -0.4 is 0 Å². The number of hydrogen-bond acceptors (Lipinski definition) is 3. The minimum Gasteiger partial charge on any atom is -0.393 e. The molecule has 1 aliphatic carbocycles. The summed E-state index contributed by atoms with van der Waals surface area (Å²) in [5.74, 6) is 0. The second kappa shape index (κ2) is 10.8. The van der Waals surface area contributed by atoms with Crippen LogP contribution in [0.5, 0.6) is 0 Å². The molecule has 3 nitrogen and oxygen atoms in total. The summed E-state index contributed by atoms with van der Waals surface area (Å²) < 4.78 is 0. The van der Waals surface area contributed by atoms with E-state index < -0.39 is 0 Å². The molecule has 0 bridgehead atoms. The quantitative estimate of drug-likeness (QED) is 0.591. The second-order valence-corrected chi connectivity index (χ2v) is 6.64. The molecule has 3 rings (SSSR count). The van der Waals surface area contributed by atoms with Crippen LogP contribution in [-0.2, 0) is 20.1 Å². The van der Waals surface area contributed by atoms with Gasteiger partial charge in [-0.3, -0.25) is 6.08 Å². The Morgan fingerprint density at radius 2 is 1.80 bits per heavy atom. The van der Waals surface area contributed by atoms with Crippen molar-refractivity contribution in [2.24, 2.45) is 0 Å². The van der Waals surface area contributed by atoms with E-state index in [2.05, 4.69) is 37.3 Å². The molecule has 1 aromatic heterocycles. The number of rotatable bonds is 3. The van der Waals surface area contributed by atoms with Crippen LogP contribution in [0.15, 0.2) is 30.3 Å². The summed E-state index contributed by atoms with van der Waals surface area (Å²) in [6, 6.07) is 10.6. The van der Waals surface area contributed by atoms with Gasteiger partial charge in [-0.1, -0.05) is 56.1 Å². The monoisotopic (exact) mass is 519 g/mol. The first-order chi connectivity index (χ1) is 11.5. The van der Waals surface area contributed by atoms with Crippen molar-refractivity contribution >= 4 is 16.5 Å². The van der Waals surface area contributed by atoms with Crippen molar-refractivity contribution in [2.45, 2.75) is 65.1 Å². The molecule has 0 spiro atoms. The molecule has 0 saturated carbocycles. The number of pyridine rings is 1. The molecule has 139 valence electrons. The van der Waals surface area contributed by atoms with E-state index in [0.717, 1.165) is 24.1 Å². The van der Waals surface area contributed by atoms with Gasteiger partial charge < -0.3 is 15.2 Å². The summed E-state index contributed by atoms with van der Waals surface area (Å²) in [5, 5.41) is 18.4. The third kappa shape index (κ3) is 6.99. The summed E-state index contributed by atoms with van der Waals surface area (Å²) in [6.45, 7) is 5.47. The first-order valence-corrected chi connectivity index (χ1v) is 8.80. The molecule has 2 N–H and O–H groups in total. The van der Waals surface area contributed by atoms with Crippen LogP contribution >= 0.6 is 0 Å². The van der Waals surface area contributed by atoms with Crippen molar-refractivity contribution in [1.29, 1.82) is 0 Å². The molecule has 1 aliphatic rings. The Hall–Kier alpha value is -1.06. The van der Waals surface area contributed by atoms with Gasteiger partial charge in [0.1, 0.15) is 0 Å². The average Bonchev–Trinajstić information content (AvgIpc) is 2.54. The molecule has 1 aromatic carbocycles. The van der Waals surface area contributed by atoms with Crippen molar-refractivity contribution in [1.82, 2.24) is 4.98 Å². The summed E-state index contributed by atoms with van der Waals surface area (Å²) in [4.78, 5) is 4.80. The maximum absolute atomic E-state index is 8.56. The molecule has 0 fully saturated rings. The van der Waals surface area contributed by atoms with Gasteiger partial charge in [-0.15, -0.1) is 12.0 Å². The smallest absolute Gasteiger partial charge is 0.0536 e. The van der Waals surface area contributed by atoms with E-state index in [9.17, 15) is 0 Å². The maximum Gasteiger partial charge on any atom is 0.0536 e. The standard InChI is InChI=1S/C16H16N.C5H12O2.Ir/c1-12-11-14-9-5-6-10-15(14)17-16(12)13-7-3-2-4-8-13;1-4(6)3-5(2)7;/h5-6,9-11H,2-4,7H2,1H3;4-7H,3H2,1-2H3;/q-1;;. The molecule has 25 heavy (non-hydrogen) atoms. The molecule has 0 aliphatic heterocycles. The minimum atomic E-state index is -0.375. The SMILES string of the molecule is CC(O)CC(C)O.Cc1cc2ccccc2nc1C1=[C-]CCCC1.[Ir]. The molecule has 0 saturated heterocycles. The van der Waals surface area contributed by atoms with Crippen molar-refractivity contribution in [3.63, 3.8) is 0 Å². The third-order valence-electron chi connectivity index (χ3n) is 4.07. The maximum atomic E-state index is 8.56. The van der Waals surface area contributed by atoms with Crippen LogP contribution in [0.4, 0.5) is 0 Å². The Morgan fingerprint density at radius 3 is 2.36 bits per heavy atom. The number of aliphatic hydroxyl groups excluding tert-OH is 2. The molecule has 0 amide bonds. The number of aryl methyl sites for hydroxylation is 1. The van der Waals surface area contributed by atoms with Crippen molar-refractivity contribution < 1.29 is 30.3 Å². The number of benzene rings is 1. The summed E-state index contributed by atoms with van der Waals surface area (Å²) >= 11 is 0. The zero-order chi connectivity index (χ0) is 17.5. The number of hydrogen-bond donors (Lipinski definition) is 2.